The third kappa shape index (κ3) is 3.10. The van der Waals surface area contributed by atoms with Crippen molar-refractivity contribution in [3.05, 3.63) is 82.9 Å². The summed E-state index contributed by atoms with van der Waals surface area (Å²) in [6, 6.07) is 11.5. The second-order valence-electron chi connectivity index (χ2n) is 6.59. The molecule has 0 fully saturated rings. The van der Waals surface area contributed by atoms with Crippen LogP contribution in [0.3, 0.4) is 0 Å². The number of primary amides is 1. The summed E-state index contributed by atoms with van der Waals surface area (Å²) < 4.78 is 69.2. The van der Waals surface area contributed by atoms with Crippen LogP contribution in [0.4, 0.5) is 22.0 Å². The van der Waals surface area contributed by atoms with E-state index in [1.807, 2.05) is 0 Å². The number of hydrogen-bond acceptors (Lipinski definition) is 1. The van der Waals surface area contributed by atoms with Crippen molar-refractivity contribution in [3.8, 4) is 0 Å². The molecule has 0 atom stereocenters. The van der Waals surface area contributed by atoms with Crippen molar-refractivity contribution in [3.63, 3.8) is 0 Å². The number of alkyl halides is 3. The lowest BCUT2D eigenvalue weighted by molar-refractivity contribution is -0.140. The quantitative estimate of drug-likeness (QED) is 0.467. The molecule has 8 heteroatoms. The first-order valence-corrected chi connectivity index (χ1v) is 8.53. The zero-order valence-corrected chi connectivity index (χ0v) is 14.7. The number of aromatic nitrogens is 1. The van der Waals surface area contributed by atoms with Crippen LogP contribution in [-0.2, 0) is 12.7 Å². The maximum Gasteiger partial charge on any atom is 0.419 e. The third-order valence-electron chi connectivity index (χ3n) is 4.83. The molecule has 0 bridgehead atoms. The van der Waals surface area contributed by atoms with E-state index < -0.39 is 29.3 Å². The molecule has 1 heterocycles. The summed E-state index contributed by atoms with van der Waals surface area (Å²) in [5.41, 5.74) is 4.89. The Morgan fingerprint density at radius 2 is 1.69 bits per heavy atom. The molecule has 1 amide bonds. The first kappa shape index (κ1) is 18.9. The average Bonchev–Trinajstić information content (AvgIpc) is 2.95. The molecule has 0 spiro atoms. The van der Waals surface area contributed by atoms with Crippen LogP contribution in [0.25, 0.3) is 21.8 Å². The zero-order chi connectivity index (χ0) is 20.9. The van der Waals surface area contributed by atoms with Crippen LogP contribution < -0.4 is 5.73 Å². The van der Waals surface area contributed by atoms with Crippen molar-refractivity contribution in [1.82, 2.24) is 4.57 Å². The predicted octanol–water partition coefficient (Wildman–Crippen LogP) is 5.24. The largest absolute Gasteiger partial charge is 0.419 e. The van der Waals surface area contributed by atoms with E-state index in [-0.39, 0.29) is 17.7 Å². The van der Waals surface area contributed by atoms with Gasteiger partial charge in [-0.3, -0.25) is 4.79 Å². The highest BCUT2D eigenvalue weighted by molar-refractivity contribution is 6.17. The summed E-state index contributed by atoms with van der Waals surface area (Å²) in [5.74, 6) is -2.66. The Morgan fingerprint density at radius 1 is 0.966 bits per heavy atom. The molecule has 148 valence electrons. The number of nitrogens with two attached hydrogens (primary N) is 1. The molecule has 4 aromatic rings. The van der Waals surface area contributed by atoms with E-state index in [0.717, 1.165) is 6.07 Å². The van der Waals surface area contributed by atoms with Gasteiger partial charge in [-0.2, -0.15) is 13.2 Å². The maximum atomic E-state index is 14.6. The number of carbonyl (C=O) groups excluding carboxylic acids is 1. The lowest BCUT2D eigenvalue weighted by Crippen LogP contribution is -2.12. The molecule has 0 aliphatic heterocycles. The Morgan fingerprint density at radius 3 is 2.38 bits per heavy atom. The van der Waals surface area contributed by atoms with E-state index in [0.29, 0.717) is 27.9 Å². The van der Waals surface area contributed by atoms with Crippen molar-refractivity contribution >= 4 is 27.7 Å². The van der Waals surface area contributed by atoms with E-state index in [4.69, 9.17) is 5.73 Å². The van der Waals surface area contributed by atoms with Crippen LogP contribution >= 0.6 is 0 Å². The third-order valence-corrected chi connectivity index (χ3v) is 4.83. The number of benzene rings is 3. The summed E-state index contributed by atoms with van der Waals surface area (Å²) in [6.45, 7) is -0.246. The molecule has 0 saturated heterocycles. The van der Waals surface area contributed by atoms with E-state index in [2.05, 4.69) is 0 Å². The van der Waals surface area contributed by atoms with Crippen LogP contribution in [0.15, 0.2) is 54.6 Å². The van der Waals surface area contributed by atoms with E-state index >= 15 is 0 Å². The molecule has 2 N–H and O–H groups in total. The number of hydrogen-bond donors (Lipinski definition) is 1. The van der Waals surface area contributed by atoms with Crippen LogP contribution in [0.2, 0.25) is 0 Å². The van der Waals surface area contributed by atoms with E-state index in [1.165, 1.54) is 34.9 Å². The van der Waals surface area contributed by atoms with Crippen molar-refractivity contribution < 1.29 is 26.7 Å². The summed E-state index contributed by atoms with van der Waals surface area (Å²) in [7, 11) is 0. The van der Waals surface area contributed by atoms with Gasteiger partial charge in [-0.15, -0.1) is 0 Å². The minimum atomic E-state index is -4.83. The Hall–Kier alpha value is -3.42. The fourth-order valence-electron chi connectivity index (χ4n) is 3.59. The van der Waals surface area contributed by atoms with Crippen LogP contribution in [0.5, 0.6) is 0 Å². The highest BCUT2D eigenvalue weighted by Gasteiger charge is 2.34. The van der Waals surface area contributed by atoms with Crippen molar-refractivity contribution in [2.45, 2.75) is 12.7 Å². The fourth-order valence-corrected chi connectivity index (χ4v) is 3.59. The van der Waals surface area contributed by atoms with Gasteiger partial charge < -0.3 is 10.3 Å². The highest BCUT2D eigenvalue weighted by atomic mass is 19.4. The van der Waals surface area contributed by atoms with E-state index in [1.54, 1.807) is 12.1 Å². The normalized spacial score (nSPS) is 12.0. The predicted molar refractivity (Wildman–Crippen MR) is 98.4 cm³/mol. The fraction of sp³-hybridized carbons (Fsp3) is 0.0952. The molecule has 4 rings (SSSR count). The van der Waals surface area contributed by atoms with E-state index in [9.17, 15) is 26.7 Å². The standard InChI is InChI=1S/C21H13F5N2O/c22-12-7-8-16-14(9-12)18-13(20(27)29)4-2-6-17(18)28(16)10-11-3-1-5-15(19(11)23)21(24,25)26/h1-9H,10H2,(H2,27,29). The summed E-state index contributed by atoms with van der Waals surface area (Å²) in [5, 5.41) is 0.726. The molecule has 0 aliphatic carbocycles. The molecule has 3 aromatic carbocycles. The Labute approximate surface area is 161 Å². The molecular formula is C21H13F5N2O. The van der Waals surface area contributed by atoms with Gasteiger partial charge in [0.05, 0.1) is 17.6 Å². The van der Waals surface area contributed by atoms with Gasteiger partial charge in [-0.1, -0.05) is 18.2 Å². The first-order chi connectivity index (χ1) is 13.7. The van der Waals surface area contributed by atoms with Crippen molar-refractivity contribution in [2.75, 3.05) is 0 Å². The number of amides is 1. The SMILES string of the molecule is NC(=O)c1cccc2c1c1cc(F)ccc1n2Cc1cccc(C(F)(F)F)c1F. The summed E-state index contributed by atoms with van der Waals surface area (Å²) in [6.07, 6.45) is -4.83. The molecule has 29 heavy (non-hydrogen) atoms. The number of carbonyl (C=O) groups is 1. The smallest absolute Gasteiger partial charge is 0.366 e. The van der Waals surface area contributed by atoms with Crippen molar-refractivity contribution in [1.29, 1.82) is 0 Å². The van der Waals surface area contributed by atoms with Gasteiger partial charge in [0.1, 0.15) is 11.6 Å². The minimum Gasteiger partial charge on any atom is -0.366 e. The zero-order valence-electron chi connectivity index (χ0n) is 14.7. The van der Waals surface area contributed by atoms with Gasteiger partial charge in [-0.05, 0) is 36.4 Å². The van der Waals surface area contributed by atoms with Gasteiger partial charge in [0.25, 0.3) is 0 Å². The van der Waals surface area contributed by atoms with Gasteiger partial charge in [0.15, 0.2) is 0 Å². The minimum absolute atomic E-state index is 0.140. The number of fused-ring (bicyclic) bond motifs is 3. The second-order valence-corrected chi connectivity index (χ2v) is 6.59. The van der Waals surface area contributed by atoms with Crippen molar-refractivity contribution in [2.24, 2.45) is 5.73 Å². The van der Waals surface area contributed by atoms with Gasteiger partial charge >= 0.3 is 6.18 Å². The molecule has 0 aliphatic rings. The topological polar surface area (TPSA) is 48.0 Å². The monoisotopic (exact) mass is 404 g/mol. The van der Waals surface area contributed by atoms with Gasteiger partial charge in [-0.25, -0.2) is 8.78 Å². The second kappa shape index (κ2) is 6.58. The average molecular weight is 404 g/mol. The molecule has 0 saturated carbocycles. The maximum absolute atomic E-state index is 14.6. The number of halogens is 5. The Balaban J connectivity index is 2.00. The lowest BCUT2D eigenvalue weighted by Gasteiger charge is -2.13. The van der Waals surface area contributed by atoms with Gasteiger partial charge in [0.2, 0.25) is 5.91 Å². The highest BCUT2D eigenvalue weighted by Crippen LogP contribution is 2.35. The van der Waals surface area contributed by atoms with Crippen LogP contribution in [0, 0.1) is 11.6 Å². The summed E-state index contributed by atoms with van der Waals surface area (Å²) >= 11 is 0. The molecule has 3 nitrogen and oxygen atoms in total. The van der Waals surface area contributed by atoms with Crippen LogP contribution in [-0.4, -0.2) is 10.5 Å². The first-order valence-electron chi connectivity index (χ1n) is 8.53. The molecule has 1 aromatic heterocycles. The Bertz CT molecular complexity index is 1270. The molecule has 0 unspecified atom stereocenters. The summed E-state index contributed by atoms with van der Waals surface area (Å²) in [4.78, 5) is 11.9. The van der Waals surface area contributed by atoms with Gasteiger partial charge in [0, 0.05) is 27.4 Å². The molecule has 0 radical (unpaired) electrons. The van der Waals surface area contributed by atoms with Crippen LogP contribution in [0.1, 0.15) is 21.5 Å². The molecular weight excluding hydrogens is 391 g/mol. The Kier molecular flexibility index (Phi) is 4.29. The lowest BCUT2D eigenvalue weighted by atomic mass is 10.1. The number of rotatable bonds is 3. The number of nitrogens with zero attached hydrogens (tertiary/aromatic N) is 1.